The highest BCUT2D eigenvalue weighted by Gasteiger charge is 2.05. The van der Waals surface area contributed by atoms with Gasteiger partial charge in [-0.05, 0) is 24.6 Å². The summed E-state index contributed by atoms with van der Waals surface area (Å²) in [5.41, 5.74) is 2.33. The van der Waals surface area contributed by atoms with Gasteiger partial charge >= 0.3 is 0 Å². The number of nitrogens with zero attached hydrogens (tertiary/aromatic N) is 2. The summed E-state index contributed by atoms with van der Waals surface area (Å²) in [4.78, 5) is 4.03. The van der Waals surface area contributed by atoms with Crippen LogP contribution in [0.5, 0.6) is 0 Å². The van der Waals surface area contributed by atoms with Crippen LogP contribution in [0.4, 0.5) is 0 Å². The largest absolute Gasteiger partial charge is 0.309 e. The van der Waals surface area contributed by atoms with Gasteiger partial charge in [0.25, 0.3) is 0 Å². The summed E-state index contributed by atoms with van der Waals surface area (Å²) in [5.74, 6) is 0.692. The molecule has 0 aliphatic heterocycles. The Hall–Kier alpha value is -1.46. The molecular weight excluding hydrogens is 258 g/mol. The van der Waals surface area contributed by atoms with Crippen molar-refractivity contribution >= 4 is 10.8 Å². The number of hydrogen-bond donors (Lipinski definition) is 1. The van der Waals surface area contributed by atoms with E-state index in [1.54, 1.807) is 18.8 Å². The number of aromatic nitrogens is 2. The molecule has 5 heteroatoms. The van der Waals surface area contributed by atoms with Crippen LogP contribution in [0.1, 0.15) is 18.5 Å². The number of imidazole rings is 1. The van der Waals surface area contributed by atoms with E-state index in [2.05, 4.69) is 41.5 Å². The van der Waals surface area contributed by atoms with Crippen LogP contribution in [-0.2, 0) is 10.8 Å². The summed E-state index contributed by atoms with van der Waals surface area (Å²) in [5, 5.41) is 3.37. The van der Waals surface area contributed by atoms with E-state index < -0.39 is 10.8 Å². The van der Waals surface area contributed by atoms with E-state index in [0.717, 1.165) is 12.2 Å². The first kappa shape index (κ1) is 14.0. The molecule has 19 heavy (non-hydrogen) atoms. The van der Waals surface area contributed by atoms with Crippen molar-refractivity contribution in [3.63, 3.8) is 0 Å². The highest BCUT2D eigenvalue weighted by molar-refractivity contribution is 7.84. The normalized spacial score (nSPS) is 14.2. The van der Waals surface area contributed by atoms with Gasteiger partial charge in [0, 0.05) is 53.5 Å². The Morgan fingerprint density at radius 3 is 2.68 bits per heavy atom. The predicted octanol–water partition coefficient (Wildman–Crippen LogP) is 1.90. The van der Waals surface area contributed by atoms with Gasteiger partial charge in [-0.15, -0.1) is 0 Å². The zero-order valence-corrected chi connectivity index (χ0v) is 12.1. The second kappa shape index (κ2) is 6.63. The van der Waals surface area contributed by atoms with Crippen LogP contribution in [0.2, 0.25) is 0 Å². The molecule has 1 aromatic carbocycles. The molecule has 0 spiro atoms. The van der Waals surface area contributed by atoms with Crippen molar-refractivity contribution < 1.29 is 4.21 Å². The first-order chi connectivity index (χ1) is 9.16. The number of benzene rings is 1. The third-order valence-electron chi connectivity index (χ3n) is 3.04. The standard InChI is InChI=1S/C14H19N3OS/c1-12(16-8-10-19(2)18)13-3-5-14(6-4-13)17-9-7-15-11-17/h3-7,9,11-12,16H,8,10H2,1-2H3. The lowest BCUT2D eigenvalue weighted by Crippen LogP contribution is -2.23. The van der Waals surface area contributed by atoms with Crippen molar-refractivity contribution in [2.45, 2.75) is 13.0 Å². The van der Waals surface area contributed by atoms with Crippen molar-refractivity contribution in [3.8, 4) is 5.69 Å². The molecule has 0 amide bonds. The van der Waals surface area contributed by atoms with Crippen LogP contribution < -0.4 is 5.32 Å². The highest BCUT2D eigenvalue weighted by atomic mass is 32.2. The van der Waals surface area contributed by atoms with Crippen LogP contribution in [0.3, 0.4) is 0 Å². The first-order valence-electron chi connectivity index (χ1n) is 6.28. The fourth-order valence-corrected chi connectivity index (χ4v) is 2.29. The van der Waals surface area contributed by atoms with Crippen molar-refractivity contribution in [3.05, 3.63) is 48.5 Å². The second-order valence-corrected chi connectivity index (χ2v) is 6.07. The summed E-state index contributed by atoms with van der Waals surface area (Å²) >= 11 is 0. The van der Waals surface area contributed by atoms with Gasteiger partial charge in [0.2, 0.25) is 0 Å². The number of nitrogens with one attached hydrogen (secondary N) is 1. The average Bonchev–Trinajstić information content (AvgIpc) is 2.92. The molecule has 0 saturated carbocycles. The number of hydrogen-bond acceptors (Lipinski definition) is 3. The Kier molecular flexibility index (Phi) is 4.87. The summed E-state index contributed by atoms with van der Waals surface area (Å²) in [6.45, 7) is 2.89. The van der Waals surface area contributed by atoms with Crippen molar-refractivity contribution in [1.29, 1.82) is 0 Å². The molecule has 1 aromatic heterocycles. The molecule has 2 rings (SSSR count). The average molecular weight is 277 g/mol. The maximum Gasteiger partial charge on any atom is 0.0991 e. The van der Waals surface area contributed by atoms with Crippen molar-refractivity contribution in [2.75, 3.05) is 18.6 Å². The molecule has 0 fully saturated rings. The molecular formula is C14H19N3OS. The van der Waals surface area contributed by atoms with E-state index in [1.807, 2.05) is 10.8 Å². The van der Waals surface area contributed by atoms with Gasteiger partial charge in [-0.3, -0.25) is 4.21 Å². The van der Waals surface area contributed by atoms with Crippen LogP contribution in [0.15, 0.2) is 43.0 Å². The van der Waals surface area contributed by atoms with E-state index in [1.165, 1.54) is 5.56 Å². The molecule has 1 heterocycles. The van der Waals surface area contributed by atoms with Gasteiger partial charge in [0.05, 0.1) is 6.33 Å². The molecule has 1 N–H and O–H groups in total. The molecule has 0 aliphatic rings. The Morgan fingerprint density at radius 2 is 2.11 bits per heavy atom. The van der Waals surface area contributed by atoms with Crippen LogP contribution in [-0.4, -0.2) is 32.3 Å². The van der Waals surface area contributed by atoms with Crippen molar-refractivity contribution in [1.82, 2.24) is 14.9 Å². The fourth-order valence-electron chi connectivity index (χ4n) is 1.88. The molecule has 102 valence electrons. The summed E-state index contributed by atoms with van der Waals surface area (Å²) < 4.78 is 13.0. The minimum absolute atomic E-state index is 0.264. The molecule has 0 radical (unpaired) electrons. The van der Waals surface area contributed by atoms with E-state index in [4.69, 9.17) is 0 Å². The van der Waals surface area contributed by atoms with Gasteiger partial charge < -0.3 is 9.88 Å². The summed E-state index contributed by atoms with van der Waals surface area (Å²) in [7, 11) is -0.735. The molecule has 2 aromatic rings. The maximum absolute atomic E-state index is 11.0. The fraction of sp³-hybridized carbons (Fsp3) is 0.357. The zero-order chi connectivity index (χ0) is 13.7. The minimum Gasteiger partial charge on any atom is -0.309 e. The van der Waals surface area contributed by atoms with Gasteiger partial charge in [-0.2, -0.15) is 0 Å². The van der Waals surface area contributed by atoms with Gasteiger partial charge in [0.15, 0.2) is 0 Å². The Labute approximate surface area is 116 Å². The van der Waals surface area contributed by atoms with Crippen molar-refractivity contribution in [2.24, 2.45) is 0 Å². The SMILES string of the molecule is CC(NCCS(C)=O)c1ccc(-n2ccnc2)cc1. The van der Waals surface area contributed by atoms with Crippen LogP contribution in [0, 0.1) is 0 Å². The highest BCUT2D eigenvalue weighted by Crippen LogP contribution is 2.15. The Morgan fingerprint density at radius 1 is 1.37 bits per heavy atom. The lowest BCUT2D eigenvalue weighted by atomic mass is 10.1. The molecule has 0 bridgehead atoms. The quantitative estimate of drug-likeness (QED) is 0.877. The Bertz CT molecular complexity index is 522. The molecule has 0 aliphatic carbocycles. The summed E-state index contributed by atoms with van der Waals surface area (Å²) in [6.07, 6.45) is 7.20. The van der Waals surface area contributed by atoms with E-state index >= 15 is 0 Å². The second-order valence-electron chi connectivity index (χ2n) is 4.51. The van der Waals surface area contributed by atoms with E-state index in [0.29, 0.717) is 5.75 Å². The van der Waals surface area contributed by atoms with E-state index in [9.17, 15) is 4.21 Å². The maximum atomic E-state index is 11.0. The molecule has 2 unspecified atom stereocenters. The van der Waals surface area contributed by atoms with Crippen LogP contribution in [0.25, 0.3) is 5.69 Å². The minimum atomic E-state index is -0.735. The lowest BCUT2D eigenvalue weighted by Gasteiger charge is -2.14. The van der Waals surface area contributed by atoms with Gasteiger partial charge in [0.1, 0.15) is 0 Å². The lowest BCUT2D eigenvalue weighted by molar-refractivity contribution is 0.597. The van der Waals surface area contributed by atoms with Gasteiger partial charge in [-0.25, -0.2) is 4.98 Å². The molecule has 4 nitrogen and oxygen atoms in total. The third kappa shape index (κ3) is 4.01. The smallest absolute Gasteiger partial charge is 0.0991 e. The molecule has 0 saturated heterocycles. The topological polar surface area (TPSA) is 46.9 Å². The molecule has 2 atom stereocenters. The predicted molar refractivity (Wildman–Crippen MR) is 78.9 cm³/mol. The Balaban J connectivity index is 1.96. The van der Waals surface area contributed by atoms with Gasteiger partial charge in [-0.1, -0.05) is 12.1 Å². The van der Waals surface area contributed by atoms with Crippen LogP contribution >= 0.6 is 0 Å². The number of rotatable bonds is 6. The monoisotopic (exact) mass is 277 g/mol. The zero-order valence-electron chi connectivity index (χ0n) is 11.2. The van der Waals surface area contributed by atoms with E-state index in [-0.39, 0.29) is 6.04 Å². The summed E-state index contributed by atoms with van der Waals surface area (Å²) in [6, 6.07) is 8.63. The first-order valence-corrected chi connectivity index (χ1v) is 8.01. The third-order valence-corrected chi connectivity index (χ3v) is 3.81.